The summed E-state index contributed by atoms with van der Waals surface area (Å²) >= 11 is 0. The van der Waals surface area contributed by atoms with Crippen LogP contribution in [-0.4, -0.2) is 42.0 Å². The highest BCUT2D eigenvalue weighted by Crippen LogP contribution is 2.19. The molecule has 0 bridgehead atoms. The smallest absolute Gasteiger partial charge is 0.324 e. The average Bonchev–Trinajstić information content (AvgIpc) is 3.12. The van der Waals surface area contributed by atoms with Crippen LogP contribution in [0.1, 0.15) is 37.4 Å². The summed E-state index contributed by atoms with van der Waals surface area (Å²) < 4.78 is 33.3. The first-order valence-corrected chi connectivity index (χ1v) is 11.9. The highest BCUT2D eigenvalue weighted by Gasteiger charge is 2.27. The monoisotopic (exact) mass is 456 g/mol. The average molecular weight is 457 g/mol. The normalized spacial score (nSPS) is 12.8. The lowest BCUT2D eigenvalue weighted by atomic mass is 10.1. The van der Waals surface area contributed by atoms with E-state index >= 15 is 0 Å². The van der Waals surface area contributed by atoms with Crippen LogP contribution in [0, 0.1) is 12.8 Å². The number of nitrogens with one attached hydrogen (secondary N) is 2. The van der Waals surface area contributed by atoms with E-state index in [1.54, 1.807) is 18.3 Å². The number of carbonyl (C=O) groups is 1. The first-order valence-electron chi connectivity index (χ1n) is 10.4. The van der Waals surface area contributed by atoms with Gasteiger partial charge in [-0.15, -0.1) is 0 Å². The van der Waals surface area contributed by atoms with E-state index in [-0.39, 0.29) is 17.4 Å². The van der Waals surface area contributed by atoms with Gasteiger partial charge in [0.2, 0.25) is 10.0 Å². The molecule has 0 aliphatic rings. The van der Waals surface area contributed by atoms with E-state index in [0.29, 0.717) is 12.8 Å². The van der Waals surface area contributed by atoms with Crippen LogP contribution in [0.5, 0.6) is 0 Å². The van der Waals surface area contributed by atoms with Gasteiger partial charge in [-0.3, -0.25) is 9.78 Å². The second-order valence-electron chi connectivity index (χ2n) is 8.02. The van der Waals surface area contributed by atoms with Crippen LogP contribution in [-0.2, 0) is 26.0 Å². The molecule has 0 unspecified atom stereocenters. The van der Waals surface area contributed by atoms with Crippen molar-refractivity contribution in [2.24, 2.45) is 5.92 Å². The van der Waals surface area contributed by atoms with E-state index in [1.807, 2.05) is 26.8 Å². The number of carbonyl (C=O) groups excluding carboxylic acids is 1. The number of sulfonamides is 1. The van der Waals surface area contributed by atoms with Gasteiger partial charge in [-0.2, -0.15) is 4.72 Å². The van der Waals surface area contributed by atoms with Crippen LogP contribution < -0.4 is 4.72 Å². The molecule has 9 heteroatoms. The molecule has 3 aromatic rings. The van der Waals surface area contributed by atoms with Crippen LogP contribution in [0.2, 0.25) is 0 Å². The van der Waals surface area contributed by atoms with E-state index in [9.17, 15) is 13.2 Å². The number of fused-ring (bicyclic) bond motifs is 1. The number of esters is 1. The molecule has 2 heterocycles. The Kier molecular flexibility index (Phi) is 7.42. The molecule has 0 aliphatic heterocycles. The number of aryl methyl sites for hydroxylation is 1. The van der Waals surface area contributed by atoms with Crippen LogP contribution in [0.4, 0.5) is 0 Å². The van der Waals surface area contributed by atoms with Crippen LogP contribution in [0.15, 0.2) is 54.1 Å². The molecule has 8 nitrogen and oxygen atoms in total. The first-order chi connectivity index (χ1) is 15.2. The third-order valence-corrected chi connectivity index (χ3v) is 6.32. The van der Waals surface area contributed by atoms with Crippen molar-refractivity contribution in [2.75, 3.05) is 6.61 Å². The van der Waals surface area contributed by atoms with E-state index in [2.05, 4.69) is 26.3 Å². The zero-order valence-electron chi connectivity index (χ0n) is 18.5. The van der Waals surface area contributed by atoms with Gasteiger partial charge in [0, 0.05) is 12.6 Å². The number of hydrogen-bond donors (Lipinski definition) is 2. The number of aromatic amines is 1. The molecule has 2 aromatic heterocycles. The molecule has 0 aliphatic carbocycles. The summed E-state index contributed by atoms with van der Waals surface area (Å²) in [5.41, 5.74) is 3.42. The van der Waals surface area contributed by atoms with Crippen LogP contribution >= 0.6 is 0 Å². The summed E-state index contributed by atoms with van der Waals surface area (Å²) in [6.07, 6.45) is 4.00. The van der Waals surface area contributed by atoms with Crippen molar-refractivity contribution in [2.45, 2.75) is 44.6 Å². The molecule has 0 fully saturated rings. The lowest BCUT2D eigenvalue weighted by Gasteiger charge is -2.19. The fraction of sp³-hybridized carbons (Fsp3) is 0.348. The van der Waals surface area contributed by atoms with Crippen molar-refractivity contribution < 1.29 is 17.9 Å². The van der Waals surface area contributed by atoms with Gasteiger partial charge in [0.25, 0.3) is 0 Å². The van der Waals surface area contributed by atoms with Gasteiger partial charge in [0.15, 0.2) is 0 Å². The fourth-order valence-electron chi connectivity index (χ4n) is 3.38. The molecule has 32 heavy (non-hydrogen) atoms. The van der Waals surface area contributed by atoms with Gasteiger partial charge in [-0.1, -0.05) is 38.6 Å². The van der Waals surface area contributed by atoms with Gasteiger partial charge >= 0.3 is 5.97 Å². The Bertz CT molecular complexity index is 1200. The van der Waals surface area contributed by atoms with E-state index in [1.165, 1.54) is 18.2 Å². The Morgan fingerprint density at radius 2 is 1.97 bits per heavy atom. The Balaban J connectivity index is 1.77. The molecular formula is C23H28N4O4S. The fourth-order valence-corrected chi connectivity index (χ4v) is 4.58. The third kappa shape index (κ3) is 5.80. The first kappa shape index (κ1) is 23.6. The lowest BCUT2D eigenvalue weighted by Crippen LogP contribution is -2.42. The summed E-state index contributed by atoms with van der Waals surface area (Å²) in [7, 11) is -3.91. The number of pyridine rings is 1. The maximum Gasteiger partial charge on any atom is 0.324 e. The SMILES string of the molecule is C=CCOC(=O)[C@@H](CC(C)C)NS(=O)(=O)c1ccc(Cc2nccc3[nH]c(C)nc23)cc1. The maximum absolute atomic E-state index is 12.9. The van der Waals surface area contributed by atoms with Crippen molar-refractivity contribution in [3.05, 3.63) is 66.3 Å². The largest absolute Gasteiger partial charge is 0.460 e. The molecule has 0 radical (unpaired) electrons. The second-order valence-corrected chi connectivity index (χ2v) is 9.73. The number of hydrogen-bond acceptors (Lipinski definition) is 6. The lowest BCUT2D eigenvalue weighted by molar-refractivity contribution is -0.144. The summed E-state index contributed by atoms with van der Waals surface area (Å²) in [5.74, 6) is 0.291. The molecule has 0 saturated heterocycles. The van der Waals surface area contributed by atoms with E-state index in [4.69, 9.17) is 4.74 Å². The summed E-state index contributed by atoms with van der Waals surface area (Å²) in [5, 5.41) is 0. The van der Waals surface area contributed by atoms with Gasteiger partial charge in [0.1, 0.15) is 24.0 Å². The molecule has 0 amide bonds. The zero-order valence-corrected chi connectivity index (χ0v) is 19.3. The predicted octanol–water partition coefficient (Wildman–Crippen LogP) is 3.28. The Morgan fingerprint density at radius 1 is 1.25 bits per heavy atom. The van der Waals surface area contributed by atoms with Crippen molar-refractivity contribution in [3.8, 4) is 0 Å². The van der Waals surface area contributed by atoms with Gasteiger partial charge in [-0.05, 0) is 43.0 Å². The number of nitrogens with zero attached hydrogens (tertiary/aromatic N) is 2. The van der Waals surface area contributed by atoms with Crippen molar-refractivity contribution in [1.29, 1.82) is 0 Å². The number of rotatable bonds is 10. The predicted molar refractivity (Wildman–Crippen MR) is 123 cm³/mol. The minimum atomic E-state index is -3.91. The summed E-state index contributed by atoms with van der Waals surface area (Å²) in [6, 6.07) is 7.42. The summed E-state index contributed by atoms with van der Waals surface area (Å²) in [6.45, 7) is 9.24. The standard InChI is InChI=1S/C23H28N4O4S/c1-5-12-31-23(28)21(13-15(2)3)27-32(29,30)18-8-6-17(7-9-18)14-20-22-19(10-11-24-20)25-16(4)26-22/h5-11,15,21,27H,1,12-14H2,2-4H3,(H,25,26)/t21-/m1/s1. The van der Waals surface area contributed by atoms with Gasteiger partial charge in [-0.25, -0.2) is 13.4 Å². The Hall–Kier alpha value is -3.04. The molecule has 0 saturated carbocycles. The molecule has 1 atom stereocenters. The molecule has 0 spiro atoms. The highest BCUT2D eigenvalue weighted by atomic mass is 32.2. The number of ether oxygens (including phenoxy) is 1. The number of benzene rings is 1. The number of H-pyrrole nitrogens is 1. The van der Waals surface area contributed by atoms with Gasteiger partial charge in [0.05, 0.1) is 16.1 Å². The van der Waals surface area contributed by atoms with Crippen LogP contribution in [0.3, 0.4) is 0 Å². The second kappa shape index (κ2) is 10.1. The van der Waals surface area contributed by atoms with Gasteiger partial charge < -0.3 is 9.72 Å². The quantitative estimate of drug-likeness (QED) is 0.357. The van der Waals surface area contributed by atoms with E-state index < -0.39 is 22.0 Å². The minimum absolute atomic E-state index is 0.0279. The van der Waals surface area contributed by atoms with E-state index in [0.717, 1.165) is 28.1 Å². The zero-order chi connectivity index (χ0) is 23.3. The van der Waals surface area contributed by atoms with Crippen molar-refractivity contribution in [1.82, 2.24) is 19.7 Å². The Morgan fingerprint density at radius 3 is 2.62 bits per heavy atom. The molecular weight excluding hydrogens is 428 g/mol. The molecule has 170 valence electrons. The summed E-state index contributed by atoms with van der Waals surface area (Å²) in [4.78, 5) is 24.5. The van der Waals surface area contributed by atoms with Crippen molar-refractivity contribution >= 4 is 27.0 Å². The number of imidazole rings is 1. The maximum atomic E-state index is 12.9. The third-order valence-electron chi connectivity index (χ3n) is 4.83. The Labute approximate surface area is 188 Å². The minimum Gasteiger partial charge on any atom is -0.460 e. The number of aromatic nitrogens is 3. The molecule has 2 N–H and O–H groups in total. The van der Waals surface area contributed by atoms with Crippen LogP contribution in [0.25, 0.3) is 11.0 Å². The topological polar surface area (TPSA) is 114 Å². The van der Waals surface area contributed by atoms with Crippen molar-refractivity contribution in [3.63, 3.8) is 0 Å². The molecule has 3 rings (SSSR count). The highest BCUT2D eigenvalue weighted by molar-refractivity contribution is 7.89. The molecule has 1 aromatic carbocycles.